The van der Waals surface area contributed by atoms with Gasteiger partial charge in [-0.25, -0.2) is 9.78 Å². The van der Waals surface area contributed by atoms with Crippen LogP contribution in [0.5, 0.6) is 0 Å². The molecule has 0 fully saturated rings. The maximum Gasteiger partial charge on any atom is 0.359 e. The molecule has 1 N–H and O–H groups in total. The minimum Gasteiger partial charge on any atom is -0.451 e. The lowest BCUT2D eigenvalue weighted by Crippen LogP contribution is -2.28. The van der Waals surface area contributed by atoms with Gasteiger partial charge < -0.3 is 10.1 Å². The molecule has 0 aliphatic rings. The van der Waals surface area contributed by atoms with Gasteiger partial charge in [-0.1, -0.05) is 29.3 Å². The number of aromatic nitrogens is 2. The van der Waals surface area contributed by atoms with Gasteiger partial charge in [-0.15, -0.1) is 0 Å². The van der Waals surface area contributed by atoms with E-state index in [1.54, 1.807) is 25.1 Å². The van der Waals surface area contributed by atoms with Crippen molar-refractivity contribution in [1.29, 1.82) is 0 Å². The molecule has 1 aromatic heterocycles. The molecule has 2 rings (SSSR count). The SMILES string of the molecule is Cc1cnc(C(=O)OCC(=O)NCc2ccc(Cl)cc2Cl)cn1. The Labute approximate surface area is 142 Å². The van der Waals surface area contributed by atoms with Gasteiger partial charge in [0.1, 0.15) is 0 Å². The number of benzene rings is 1. The number of aryl methyl sites for hydroxylation is 1. The van der Waals surface area contributed by atoms with E-state index in [0.717, 1.165) is 0 Å². The van der Waals surface area contributed by atoms with Crippen molar-refractivity contribution >= 4 is 35.1 Å². The zero-order chi connectivity index (χ0) is 16.8. The van der Waals surface area contributed by atoms with Crippen LogP contribution in [0.25, 0.3) is 0 Å². The third-order valence-electron chi connectivity index (χ3n) is 2.82. The largest absolute Gasteiger partial charge is 0.451 e. The molecule has 2 aromatic rings. The molecule has 1 amide bonds. The normalized spacial score (nSPS) is 10.2. The zero-order valence-corrected chi connectivity index (χ0v) is 13.7. The van der Waals surface area contributed by atoms with Gasteiger partial charge in [-0.3, -0.25) is 9.78 Å². The van der Waals surface area contributed by atoms with Crippen LogP contribution < -0.4 is 5.32 Å². The molecule has 0 aliphatic carbocycles. The van der Waals surface area contributed by atoms with Gasteiger partial charge >= 0.3 is 5.97 Å². The molecule has 0 atom stereocenters. The highest BCUT2D eigenvalue weighted by molar-refractivity contribution is 6.35. The number of nitrogens with zero attached hydrogens (tertiary/aromatic N) is 2. The predicted molar refractivity (Wildman–Crippen MR) is 85.4 cm³/mol. The van der Waals surface area contributed by atoms with Crippen molar-refractivity contribution in [2.45, 2.75) is 13.5 Å². The van der Waals surface area contributed by atoms with Crippen LogP contribution in [0.1, 0.15) is 21.7 Å². The fraction of sp³-hybridized carbons (Fsp3) is 0.200. The highest BCUT2D eigenvalue weighted by atomic mass is 35.5. The van der Waals surface area contributed by atoms with Crippen LogP contribution in [0.4, 0.5) is 0 Å². The number of carbonyl (C=O) groups is 2. The Morgan fingerprint density at radius 1 is 1.22 bits per heavy atom. The first-order valence-electron chi connectivity index (χ1n) is 6.62. The van der Waals surface area contributed by atoms with E-state index < -0.39 is 18.5 Å². The Hall–Kier alpha value is -2.18. The van der Waals surface area contributed by atoms with Crippen LogP contribution in [-0.2, 0) is 16.1 Å². The maximum absolute atomic E-state index is 11.7. The molecule has 0 saturated carbocycles. The number of halogens is 2. The van der Waals surface area contributed by atoms with Crippen molar-refractivity contribution in [2.24, 2.45) is 0 Å². The lowest BCUT2D eigenvalue weighted by atomic mass is 10.2. The molecule has 0 aliphatic heterocycles. The molecule has 0 saturated heterocycles. The van der Waals surface area contributed by atoms with Gasteiger partial charge in [0.15, 0.2) is 12.3 Å². The van der Waals surface area contributed by atoms with Gasteiger partial charge in [0.2, 0.25) is 0 Å². The van der Waals surface area contributed by atoms with E-state index in [2.05, 4.69) is 15.3 Å². The molecule has 1 aromatic carbocycles. The molecule has 6 nitrogen and oxygen atoms in total. The average molecular weight is 354 g/mol. The summed E-state index contributed by atoms with van der Waals surface area (Å²) in [5.41, 5.74) is 1.43. The number of hydrogen-bond donors (Lipinski definition) is 1. The Balaban J connectivity index is 1.81. The Morgan fingerprint density at radius 3 is 2.65 bits per heavy atom. The van der Waals surface area contributed by atoms with Gasteiger partial charge in [0, 0.05) is 22.8 Å². The first kappa shape index (κ1) is 17.2. The number of ether oxygens (including phenoxy) is 1. The molecule has 0 radical (unpaired) electrons. The third-order valence-corrected chi connectivity index (χ3v) is 3.40. The summed E-state index contributed by atoms with van der Waals surface area (Å²) in [4.78, 5) is 31.2. The quantitative estimate of drug-likeness (QED) is 0.835. The van der Waals surface area contributed by atoms with Gasteiger partial charge in [0.05, 0.1) is 11.9 Å². The standard InChI is InChI=1S/C15H13Cl2N3O3/c1-9-5-19-13(7-18-9)15(22)23-8-14(21)20-6-10-2-3-11(16)4-12(10)17/h2-5,7H,6,8H2,1H3,(H,20,21). The molecular weight excluding hydrogens is 341 g/mol. The number of esters is 1. The second kappa shape index (κ2) is 7.89. The van der Waals surface area contributed by atoms with E-state index in [-0.39, 0.29) is 12.2 Å². The van der Waals surface area contributed by atoms with Crippen LogP contribution in [0, 0.1) is 6.92 Å². The minimum absolute atomic E-state index is 0.0455. The predicted octanol–water partition coefficient (Wildman–Crippen LogP) is 2.57. The van der Waals surface area contributed by atoms with Gasteiger partial charge in [-0.2, -0.15) is 0 Å². The molecule has 23 heavy (non-hydrogen) atoms. The number of nitrogens with one attached hydrogen (secondary N) is 1. The van der Waals surface area contributed by atoms with E-state index in [0.29, 0.717) is 21.3 Å². The van der Waals surface area contributed by atoms with E-state index in [1.165, 1.54) is 12.4 Å². The summed E-state index contributed by atoms with van der Waals surface area (Å²) in [7, 11) is 0. The molecule has 120 valence electrons. The fourth-order valence-electron chi connectivity index (χ4n) is 1.61. The highest BCUT2D eigenvalue weighted by Crippen LogP contribution is 2.20. The summed E-state index contributed by atoms with van der Waals surface area (Å²) in [6.45, 7) is 1.54. The summed E-state index contributed by atoms with van der Waals surface area (Å²) in [5.74, 6) is -1.17. The molecular formula is C15H13Cl2N3O3. The number of carbonyl (C=O) groups excluding carboxylic acids is 2. The first-order chi connectivity index (χ1) is 11.0. The van der Waals surface area contributed by atoms with Crippen molar-refractivity contribution in [2.75, 3.05) is 6.61 Å². The monoisotopic (exact) mass is 353 g/mol. The lowest BCUT2D eigenvalue weighted by molar-refractivity contribution is -0.124. The third kappa shape index (κ3) is 5.19. The minimum atomic E-state index is -0.711. The topological polar surface area (TPSA) is 81.2 Å². The summed E-state index contributed by atoms with van der Waals surface area (Å²) in [5, 5.41) is 3.56. The van der Waals surface area contributed by atoms with Crippen molar-refractivity contribution in [3.05, 3.63) is 57.6 Å². The second-order valence-corrected chi connectivity index (χ2v) is 5.48. The van der Waals surface area contributed by atoms with E-state index in [9.17, 15) is 9.59 Å². The van der Waals surface area contributed by atoms with Crippen LogP contribution in [0.2, 0.25) is 10.0 Å². The number of rotatable bonds is 5. The molecule has 0 spiro atoms. The summed E-state index contributed by atoms with van der Waals surface area (Å²) in [6.07, 6.45) is 2.74. The summed E-state index contributed by atoms with van der Waals surface area (Å²) >= 11 is 11.8. The fourth-order valence-corrected chi connectivity index (χ4v) is 2.09. The van der Waals surface area contributed by atoms with Crippen molar-refractivity contribution < 1.29 is 14.3 Å². The van der Waals surface area contributed by atoms with E-state index in [1.807, 2.05) is 0 Å². The maximum atomic E-state index is 11.7. The van der Waals surface area contributed by atoms with Crippen LogP contribution in [0.15, 0.2) is 30.6 Å². The van der Waals surface area contributed by atoms with Crippen LogP contribution in [-0.4, -0.2) is 28.5 Å². The highest BCUT2D eigenvalue weighted by Gasteiger charge is 2.12. The second-order valence-electron chi connectivity index (χ2n) is 4.63. The lowest BCUT2D eigenvalue weighted by Gasteiger charge is -2.08. The van der Waals surface area contributed by atoms with Crippen molar-refractivity contribution in [3.63, 3.8) is 0 Å². The molecule has 8 heteroatoms. The number of amides is 1. The zero-order valence-electron chi connectivity index (χ0n) is 12.2. The van der Waals surface area contributed by atoms with Crippen LogP contribution >= 0.6 is 23.2 Å². The average Bonchev–Trinajstić information content (AvgIpc) is 2.52. The van der Waals surface area contributed by atoms with Crippen molar-refractivity contribution in [3.8, 4) is 0 Å². The Bertz CT molecular complexity index is 720. The van der Waals surface area contributed by atoms with Gasteiger partial charge in [0.25, 0.3) is 5.91 Å². The summed E-state index contributed by atoms with van der Waals surface area (Å²) in [6, 6.07) is 4.96. The van der Waals surface area contributed by atoms with Crippen molar-refractivity contribution in [1.82, 2.24) is 15.3 Å². The van der Waals surface area contributed by atoms with E-state index >= 15 is 0 Å². The summed E-state index contributed by atoms with van der Waals surface area (Å²) < 4.78 is 4.86. The molecule has 0 bridgehead atoms. The number of hydrogen-bond acceptors (Lipinski definition) is 5. The molecule has 1 heterocycles. The smallest absolute Gasteiger partial charge is 0.359 e. The Kier molecular flexibility index (Phi) is 5.90. The molecule has 0 unspecified atom stereocenters. The Morgan fingerprint density at radius 2 is 2.00 bits per heavy atom. The first-order valence-corrected chi connectivity index (χ1v) is 7.37. The van der Waals surface area contributed by atoms with Crippen LogP contribution in [0.3, 0.4) is 0 Å². The van der Waals surface area contributed by atoms with Gasteiger partial charge in [-0.05, 0) is 24.6 Å². The van der Waals surface area contributed by atoms with E-state index in [4.69, 9.17) is 27.9 Å².